The van der Waals surface area contributed by atoms with Gasteiger partial charge in [-0.2, -0.15) is 0 Å². The molecule has 86 valence electrons. The van der Waals surface area contributed by atoms with Gasteiger partial charge in [-0.25, -0.2) is 0 Å². The maximum Gasteiger partial charge on any atom is 0.0366 e. The normalized spacial score (nSPS) is 26.5. The molecule has 1 aromatic rings. The molecule has 16 heavy (non-hydrogen) atoms. The fourth-order valence-corrected chi connectivity index (χ4v) is 3.08. The second-order valence-electron chi connectivity index (χ2n) is 4.97. The molecule has 2 heteroatoms. The number of anilines is 1. The molecule has 2 aliphatic rings. The average Bonchev–Trinajstić information content (AvgIpc) is 2.68. The summed E-state index contributed by atoms with van der Waals surface area (Å²) in [6, 6.07) is 11.7. The lowest BCUT2D eigenvalue weighted by molar-refractivity contribution is 0.273. The number of fused-ring (bicyclic) bond motifs is 1. The number of para-hydroxylation sites is 1. The number of hydrogen-bond donors (Lipinski definition) is 0. The Hall–Kier alpha value is -1.02. The molecule has 0 spiro atoms. The molecule has 0 saturated carbocycles. The third-order valence-electron chi connectivity index (χ3n) is 3.92. The van der Waals surface area contributed by atoms with Crippen molar-refractivity contribution in [3.05, 3.63) is 30.3 Å². The van der Waals surface area contributed by atoms with Crippen molar-refractivity contribution in [3.63, 3.8) is 0 Å². The maximum atomic E-state index is 2.68. The van der Waals surface area contributed by atoms with Crippen LogP contribution in [0.15, 0.2) is 30.3 Å². The quantitative estimate of drug-likeness (QED) is 0.711. The van der Waals surface area contributed by atoms with E-state index in [1.54, 1.807) is 0 Å². The van der Waals surface area contributed by atoms with E-state index in [1.165, 1.54) is 51.1 Å². The third kappa shape index (κ3) is 1.94. The van der Waals surface area contributed by atoms with Crippen molar-refractivity contribution in [2.45, 2.75) is 25.3 Å². The van der Waals surface area contributed by atoms with Gasteiger partial charge in [-0.3, -0.25) is 4.90 Å². The summed E-state index contributed by atoms with van der Waals surface area (Å²) in [4.78, 5) is 5.25. The lowest BCUT2D eigenvalue weighted by Crippen LogP contribution is -2.36. The molecule has 0 aliphatic carbocycles. The number of nitrogens with zero attached hydrogens (tertiary/aromatic N) is 2. The topological polar surface area (TPSA) is 6.48 Å². The number of hydrogen-bond acceptors (Lipinski definition) is 2. The molecule has 0 amide bonds. The smallest absolute Gasteiger partial charge is 0.0366 e. The van der Waals surface area contributed by atoms with E-state index in [2.05, 4.69) is 40.1 Å². The summed E-state index contributed by atoms with van der Waals surface area (Å²) in [5.41, 5.74) is 1.40. The van der Waals surface area contributed by atoms with Crippen LogP contribution in [0.2, 0.25) is 0 Å². The molecule has 0 bridgehead atoms. The summed E-state index contributed by atoms with van der Waals surface area (Å²) in [6.45, 7) is 5.07. The van der Waals surface area contributed by atoms with E-state index in [0.29, 0.717) is 0 Å². The molecule has 1 aromatic carbocycles. The summed E-state index contributed by atoms with van der Waals surface area (Å²) in [6.07, 6.45) is 4.10. The van der Waals surface area contributed by atoms with Crippen molar-refractivity contribution in [2.24, 2.45) is 0 Å². The van der Waals surface area contributed by atoms with E-state index in [9.17, 15) is 0 Å². The van der Waals surface area contributed by atoms with E-state index in [0.717, 1.165) is 6.04 Å². The molecule has 2 fully saturated rings. The third-order valence-corrected chi connectivity index (χ3v) is 3.92. The second kappa shape index (κ2) is 4.46. The Kier molecular flexibility index (Phi) is 2.83. The number of rotatable bonds is 1. The monoisotopic (exact) mass is 216 g/mol. The summed E-state index contributed by atoms with van der Waals surface area (Å²) >= 11 is 0. The van der Waals surface area contributed by atoms with Gasteiger partial charge < -0.3 is 4.90 Å². The average molecular weight is 216 g/mol. The fourth-order valence-electron chi connectivity index (χ4n) is 3.08. The molecule has 2 saturated heterocycles. The van der Waals surface area contributed by atoms with Gasteiger partial charge in [-0.05, 0) is 37.9 Å². The zero-order valence-corrected chi connectivity index (χ0v) is 9.81. The van der Waals surface area contributed by atoms with Crippen molar-refractivity contribution in [2.75, 3.05) is 31.1 Å². The number of benzene rings is 1. The van der Waals surface area contributed by atoms with Crippen molar-refractivity contribution in [3.8, 4) is 0 Å². The van der Waals surface area contributed by atoms with E-state index in [4.69, 9.17) is 0 Å². The Morgan fingerprint density at radius 1 is 0.938 bits per heavy atom. The van der Waals surface area contributed by atoms with Crippen LogP contribution in [0.1, 0.15) is 19.3 Å². The molecule has 3 rings (SSSR count). The van der Waals surface area contributed by atoms with Crippen molar-refractivity contribution in [1.29, 1.82) is 0 Å². The highest BCUT2D eigenvalue weighted by molar-refractivity contribution is 5.46. The van der Waals surface area contributed by atoms with Gasteiger partial charge >= 0.3 is 0 Å². The molecular weight excluding hydrogens is 196 g/mol. The van der Waals surface area contributed by atoms with Gasteiger partial charge in [0.2, 0.25) is 0 Å². The minimum Gasteiger partial charge on any atom is -0.370 e. The minimum atomic E-state index is 0.808. The molecule has 1 unspecified atom stereocenters. The van der Waals surface area contributed by atoms with Gasteiger partial charge in [-0.15, -0.1) is 0 Å². The van der Waals surface area contributed by atoms with Crippen molar-refractivity contribution >= 4 is 5.69 Å². The molecule has 0 aromatic heterocycles. The molecule has 2 nitrogen and oxygen atoms in total. The summed E-state index contributed by atoms with van der Waals surface area (Å²) < 4.78 is 0. The van der Waals surface area contributed by atoms with Crippen LogP contribution >= 0.6 is 0 Å². The van der Waals surface area contributed by atoms with Gasteiger partial charge in [-0.1, -0.05) is 18.2 Å². The molecular formula is C14H20N2. The largest absolute Gasteiger partial charge is 0.370 e. The highest BCUT2D eigenvalue weighted by Crippen LogP contribution is 2.24. The summed E-state index contributed by atoms with van der Waals surface area (Å²) in [5, 5.41) is 0. The van der Waals surface area contributed by atoms with Gasteiger partial charge in [0.05, 0.1) is 0 Å². The van der Waals surface area contributed by atoms with Gasteiger partial charge in [0.1, 0.15) is 0 Å². The molecule has 0 radical (unpaired) electrons. The van der Waals surface area contributed by atoms with E-state index >= 15 is 0 Å². The molecule has 1 atom stereocenters. The van der Waals surface area contributed by atoms with Gasteiger partial charge in [0.25, 0.3) is 0 Å². The fraction of sp³-hybridized carbons (Fsp3) is 0.571. The Morgan fingerprint density at radius 2 is 1.75 bits per heavy atom. The molecule has 0 N–H and O–H groups in total. The second-order valence-corrected chi connectivity index (χ2v) is 4.97. The van der Waals surface area contributed by atoms with Gasteiger partial charge in [0, 0.05) is 31.4 Å². The van der Waals surface area contributed by atoms with E-state index < -0.39 is 0 Å². The Labute approximate surface area is 97.9 Å². The van der Waals surface area contributed by atoms with Crippen molar-refractivity contribution in [1.82, 2.24) is 4.90 Å². The SMILES string of the molecule is c1ccc(N2CCCN3CCCC3C2)cc1. The summed E-state index contributed by atoms with van der Waals surface area (Å²) in [7, 11) is 0. The van der Waals surface area contributed by atoms with Gasteiger partial charge in [0.15, 0.2) is 0 Å². The van der Waals surface area contributed by atoms with Crippen molar-refractivity contribution < 1.29 is 0 Å². The Bertz CT molecular complexity index is 336. The first-order chi connectivity index (χ1) is 7.93. The first kappa shape index (κ1) is 10.2. The predicted octanol–water partition coefficient (Wildman–Crippen LogP) is 2.36. The van der Waals surface area contributed by atoms with Crippen LogP contribution in [-0.4, -0.2) is 37.1 Å². The first-order valence-corrected chi connectivity index (χ1v) is 6.47. The maximum absolute atomic E-state index is 2.68. The summed E-state index contributed by atoms with van der Waals surface area (Å²) in [5.74, 6) is 0. The lowest BCUT2D eigenvalue weighted by Gasteiger charge is -2.27. The zero-order chi connectivity index (χ0) is 10.8. The van der Waals surface area contributed by atoms with Crippen LogP contribution in [0.5, 0.6) is 0 Å². The standard InChI is InChI=1S/C14H20N2/c1-2-6-13(7-3-1)16-11-5-10-15-9-4-8-14(15)12-16/h1-3,6-7,14H,4-5,8-12H2. The van der Waals surface area contributed by atoms with E-state index in [1.807, 2.05) is 0 Å². The predicted molar refractivity (Wildman–Crippen MR) is 67.9 cm³/mol. The van der Waals surface area contributed by atoms with Crippen LogP contribution in [-0.2, 0) is 0 Å². The minimum absolute atomic E-state index is 0.808. The van der Waals surface area contributed by atoms with Crippen LogP contribution < -0.4 is 4.90 Å². The highest BCUT2D eigenvalue weighted by Gasteiger charge is 2.28. The zero-order valence-electron chi connectivity index (χ0n) is 9.81. The van der Waals surface area contributed by atoms with Crippen LogP contribution in [0.3, 0.4) is 0 Å². The molecule has 2 aliphatic heterocycles. The van der Waals surface area contributed by atoms with E-state index in [-0.39, 0.29) is 0 Å². The van der Waals surface area contributed by atoms with Crippen LogP contribution in [0.25, 0.3) is 0 Å². The Balaban J connectivity index is 1.76. The first-order valence-electron chi connectivity index (χ1n) is 6.47. The Morgan fingerprint density at radius 3 is 2.62 bits per heavy atom. The highest BCUT2D eigenvalue weighted by atomic mass is 15.3. The molecule has 2 heterocycles. The van der Waals surface area contributed by atoms with Crippen LogP contribution in [0, 0.1) is 0 Å². The van der Waals surface area contributed by atoms with Crippen LogP contribution in [0.4, 0.5) is 5.69 Å². The lowest BCUT2D eigenvalue weighted by atomic mass is 10.2.